The van der Waals surface area contributed by atoms with Crippen LogP contribution in [0.1, 0.15) is 48.2 Å². The van der Waals surface area contributed by atoms with Gasteiger partial charge in [0.15, 0.2) is 5.78 Å². The number of thiophene rings is 1. The number of ketones is 1. The minimum absolute atomic E-state index is 0.140. The summed E-state index contributed by atoms with van der Waals surface area (Å²) in [5, 5.41) is 13.9. The number of hydrogen-bond acceptors (Lipinski definition) is 5. The van der Waals surface area contributed by atoms with Crippen molar-refractivity contribution in [2.75, 3.05) is 11.1 Å². The average Bonchev–Trinajstić information content (AvgIpc) is 3.16. The zero-order valence-corrected chi connectivity index (χ0v) is 11.7. The normalized spacial score (nSPS) is 27.2. The number of hydrogen-bond donors (Lipinski definition) is 3. The molecule has 0 spiro atoms. The van der Waals surface area contributed by atoms with Crippen molar-refractivity contribution in [3.63, 3.8) is 0 Å². The van der Waals surface area contributed by atoms with Crippen LogP contribution in [-0.4, -0.2) is 23.0 Å². The summed E-state index contributed by atoms with van der Waals surface area (Å²) in [5.74, 6) is 0.438. The Balaban J connectivity index is 1.65. The maximum Gasteiger partial charge on any atom is 0.178 e. The molecule has 2 saturated carbocycles. The van der Waals surface area contributed by atoms with Crippen molar-refractivity contribution in [3.05, 3.63) is 10.9 Å². The number of aliphatic hydroxyl groups excluding tert-OH is 1. The molecule has 0 amide bonds. The predicted octanol–water partition coefficient (Wildman–Crippen LogP) is 2.64. The molecular weight excluding hydrogens is 260 g/mol. The van der Waals surface area contributed by atoms with Crippen LogP contribution in [-0.2, 0) is 0 Å². The lowest BCUT2D eigenvalue weighted by Crippen LogP contribution is -2.27. The number of Topliss-reactive ketones (excluding diaryl/α,β-unsaturated/α-hetero) is 1. The number of anilines is 2. The van der Waals surface area contributed by atoms with Gasteiger partial charge in [-0.3, -0.25) is 4.79 Å². The van der Waals surface area contributed by atoms with Crippen molar-refractivity contribution in [3.8, 4) is 0 Å². The number of carbonyl (C=O) groups is 1. The summed E-state index contributed by atoms with van der Waals surface area (Å²) < 4.78 is 0. The van der Waals surface area contributed by atoms with Crippen molar-refractivity contribution < 1.29 is 9.90 Å². The summed E-state index contributed by atoms with van der Waals surface area (Å²) in [7, 11) is 0. The fraction of sp³-hybridized carbons (Fsp3) is 0.643. The molecule has 0 aliphatic heterocycles. The van der Waals surface area contributed by atoms with Gasteiger partial charge in [0.2, 0.25) is 0 Å². The maximum atomic E-state index is 12.0. The second-order valence-electron chi connectivity index (χ2n) is 5.68. The molecular formula is C14H20N2O2S. The second kappa shape index (κ2) is 5.13. The number of nitrogens with two attached hydrogens (primary N) is 1. The molecule has 1 aromatic rings. The van der Waals surface area contributed by atoms with Crippen LogP contribution in [0.5, 0.6) is 0 Å². The van der Waals surface area contributed by atoms with Gasteiger partial charge >= 0.3 is 0 Å². The lowest BCUT2D eigenvalue weighted by molar-refractivity contribution is 0.0972. The highest BCUT2D eigenvalue weighted by Gasteiger charge is 2.32. The van der Waals surface area contributed by atoms with Crippen LogP contribution in [0.3, 0.4) is 0 Å². The van der Waals surface area contributed by atoms with Gasteiger partial charge in [-0.1, -0.05) is 0 Å². The van der Waals surface area contributed by atoms with Gasteiger partial charge in [0.05, 0.1) is 21.7 Å². The maximum absolute atomic E-state index is 12.0. The molecule has 0 atom stereocenters. The fourth-order valence-electron chi connectivity index (χ4n) is 2.62. The van der Waals surface area contributed by atoms with Crippen LogP contribution in [0.25, 0.3) is 0 Å². The van der Waals surface area contributed by atoms with Gasteiger partial charge in [-0.15, -0.1) is 11.3 Å². The van der Waals surface area contributed by atoms with Gasteiger partial charge in [0.1, 0.15) is 0 Å². The molecule has 104 valence electrons. The van der Waals surface area contributed by atoms with Crippen LogP contribution in [0.2, 0.25) is 0 Å². The summed E-state index contributed by atoms with van der Waals surface area (Å²) >= 11 is 1.48. The highest BCUT2D eigenvalue weighted by Crippen LogP contribution is 2.39. The van der Waals surface area contributed by atoms with Gasteiger partial charge in [-0.05, 0) is 44.6 Å². The van der Waals surface area contributed by atoms with E-state index in [2.05, 4.69) is 5.32 Å². The van der Waals surface area contributed by atoms with Gasteiger partial charge in [-0.2, -0.15) is 0 Å². The third-order valence-electron chi connectivity index (χ3n) is 3.98. The summed E-state index contributed by atoms with van der Waals surface area (Å²) in [4.78, 5) is 12.8. The average molecular weight is 280 g/mol. The molecule has 2 fully saturated rings. The van der Waals surface area contributed by atoms with Crippen LogP contribution >= 0.6 is 11.3 Å². The molecule has 3 rings (SSSR count). The second-order valence-corrected chi connectivity index (χ2v) is 6.74. The molecule has 1 heterocycles. The first-order chi connectivity index (χ1) is 9.13. The summed E-state index contributed by atoms with van der Waals surface area (Å²) in [6.07, 6.45) is 5.55. The Morgan fingerprint density at radius 3 is 2.58 bits per heavy atom. The van der Waals surface area contributed by atoms with E-state index in [0.717, 1.165) is 48.4 Å². The minimum Gasteiger partial charge on any atom is -0.397 e. The fourth-order valence-corrected chi connectivity index (χ4v) is 3.70. The Kier molecular flexibility index (Phi) is 3.50. The molecule has 0 radical (unpaired) electrons. The monoisotopic (exact) mass is 280 g/mol. The van der Waals surface area contributed by atoms with E-state index in [1.54, 1.807) is 0 Å². The first-order valence-corrected chi connectivity index (χ1v) is 7.83. The largest absolute Gasteiger partial charge is 0.397 e. The van der Waals surface area contributed by atoms with Crippen molar-refractivity contribution in [1.82, 2.24) is 0 Å². The van der Waals surface area contributed by atoms with Crippen molar-refractivity contribution in [2.45, 2.75) is 50.7 Å². The number of rotatable bonds is 4. The standard InChI is InChI=1S/C14H20N2O2S/c15-11-7-12(16-9-3-5-10(17)6-4-9)19-14(11)13(18)8-1-2-8/h7-10,16-17H,1-6,15H2. The molecule has 19 heavy (non-hydrogen) atoms. The third-order valence-corrected chi connectivity index (χ3v) is 5.07. The molecule has 4 N–H and O–H groups in total. The molecule has 5 heteroatoms. The van der Waals surface area contributed by atoms with E-state index < -0.39 is 0 Å². The molecule has 2 aliphatic carbocycles. The van der Waals surface area contributed by atoms with Crippen molar-refractivity contribution in [2.24, 2.45) is 5.92 Å². The van der Waals surface area contributed by atoms with Gasteiger partial charge < -0.3 is 16.2 Å². The zero-order valence-electron chi connectivity index (χ0n) is 10.9. The summed E-state index contributed by atoms with van der Waals surface area (Å²) in [6, 6.07) is 2.27. The topological polar surface area (TPSA) is 75.3 Å². The summed E-state index contributed by atoms with van der Waals surface area (Å²) in [5.41, 5.74) is 6.56. The molecule has 0 unspecified atom stereocenters. The van der Waals surface area contributed by atoms with E-state index in [0.29, 0.717) is 11.7 Å². The number of nitrogens with one attached hydrogen (secondary N) is 1. The van der Waals surface area contributed by atoms with E-state index in [4.69, 9.17) is 5.73 Å². The minimum atomic E-state index is -0.140. The third kappa shape index (κ3) is 2.92. The van der Waals surface area contributed by atoms with Gasteiger partial charge in [0.25, 0.3) is 0 Å². The van der Waals surface area contributed by atoms with E-state index in [-0.39, 0.29) is 17.8 Å². The van der Waals surface area contributed by atoms with Crippen molar-refractivity contribution >= 4 is 27.8 Å². The Morgan fingerprint density at radius 1 is 1.26 bits per heavy atom. The van der Waals surface area contributed by atoms with Crippen LogP contribution in [0, 0.1) is 5.92 Å². The number of aliphatic hydroxyl groups is 1. The smallest absolute Gasteiger partial charge is 0.178 e. The Hall–Kier alpha value is -1.07. The van der Waals surface area contributed by atoms with E-state index in [1.165, 1.54) is 11.3 Å². The highest BCUT2D eigenvalue weighted by molar-refractivity contribution is 7.18. The van der Waals surface area contributed by atoms with E-state index >= 15 is 0 Å². The zero-order chi connectivity index (χ0) is 13.4. The Bertz CT molecular complexity index is 474. The number of carbonyl (C=O) groups excluding carboxylic acids is 1. The summed E-state index contributed by atoms with van der Waals surface area (Å²) in [6.45, 7) is 0. The van der Waals surface area contributed by atoms with Crippen LogP contribution in [0.15, 0.2) is 6.07 Å². The van der Waals surface area contributed by atoms with Crippen LogP contribution in [0.4, 0.5) is 10.7 Å². The quantitative estimate of drug-likeness (QED) is 0.741. The lowest BCUT2D eigenvalue weighted by Gasteiger charge is -2.26. The molecule has 2 aliphatic rings. The molecule has 4 nitrogen and oxygen atoms in total. The Labute approximate surface area is 117 Å². The van der Waals surface area contributed by atoms with Crippen molar-refractivity contribution in [1.29, 1.82) is 0 Å². The molecule has 0 bridgehead atoms. The van der Waals surface area contributed by atoms with Crippen LogP contribution < -0.4 is 11.1 Å². The van der Waals surface area contributed by atoms with E-state index in [1.807, 2.05) is 6.07 Å². The predicted molar refractivity (Wildman–Crippen MR) is 77.7 cm³/mol. The van der Waals surface area contributed by atoms with Gasteiger partial charge in [0, 0.05) is 12.0 Å². The molecule has 0 saturated heterocycles. The Morgan fingerprint density at radius 2 is 1.95 bits per heavy atom. The van der Waals surface area contributed by atoms with Gasteiger partial charge in [-0.25, -0.2) is 0 Å². The SMILES string of the molecule is Nc1cc(NC2CCC(O)CC2)sc1C(=O)C1CC1. The lowest BCUT2D eigenvalue weighted by atomic mass is 9.93. The highest BCUT2D eigenvalue weighted by atomic mass is 32.1. The van der Waals surface area contributed by atoms with E-state index in [9.17, 15) is 9.90 Å². The first-order valence-electron chi connectivity index (χ1n) is 7.01. The molecule has 1 aromatic heterocycles. The first kappa shape index (κ1) is 12.9. The number of nitrogen functional groups attached to an aromatic ring is 1. The molecule has 0 aromatic carbocycles.